The summed E-state index contributed by atoms with van der Waals surface area (Å²) in [5, 5.41) is 0.736. The lowest BCUT2D eigenvalue weighted by Crippen LogP contribution is -2.29. The molecule has 1 heterocycles. The molecule has 17 heavy (non-hydrogen) atoms. The molecule has 1 unspecified atom stereocenters. The molecule has 3 nitrogen and oxygen atoms in total. The van der Waals surface area contributed by atoms with Crippen LogP contribution in [0.25, 0.3) is 11.0 Å². The largest absolute Gasteiger partial charge is 0.331 e. The van der Waals surface area contributed by atoms with E-state index in [0.29, 0.717) is 5.92 Å². The predicted octanol–water partition coefficient (Wildman–Crippen LogP) is 2.75. The summed E-state index contributed by atoms with van der Waals surface area (Å²) < 4.78 is 2.07. The third-order valence-corrected chi connectivity index (χ3v) is 3.45. The zero-order valence-corrected chi connectivity index (χ0v) is 11.2. The normalized spacial score (nSPS) is 13.5. The monoisotopic (exact) mass is 251 g/mol. The van der Waals surface area contributed by atoms with Gasteiger partial charge in [0.25, 0.3) is 0 Å². The Kier molecular flexibility index (Phi) is 3.40. The molecule has 0 fully saturated rings. The number of nitrogens with zero attached hydrogens (tertiary/aromatic N) is 2. The lowest BCUT2D eigenvalue weighted by Gasteiger charge is -2.14. The number of imidazole rings is 1. The van der Waals surface area contributed by atoms with Crippen molar-refractivity contribution in [3.8, 4) is 0 Å². The average Bonchev–Trinajstić information content (AvgIpc) is 2.56. The van der Waals surface area contributed by atoms with Crippen molar-refractivity contribution in [2.45, 2.75) is 26.3 Å². The van der Waals surface area contributed by atoms with Gasteiger partial charge in [-0.1, -0.05) is 25.4 Å². The fourth-order valence-electron chi connectivity index (χ4n) is 1.84. The van der Waals surface area contributed by atoms with Gasteiger partial charge in [-0.15, -0.1) is 0 Å². The van der Waals surface area contributed by atoms with Crippen LogP contribution in [0, 0.1) is 5.92 Å². The number of benzene rings is 1. The van der Waals surface area contributed by atoms with Gasteiger partial charge in [0.05, 0.1) is 11.0 Å². The minimum absolute atomic E-state index is 0.140. The quantitative estimate of drug-likeness (QED) is 0.912. The van der Waals surface area contributed by atoms with Gasteiger partial charge in [0, 0.05) is 24.5 Å². The molecule has 0 aliphatic carbocycles. The van der Waals surface area contributed by atoms with Crippen molar-refractivity contribution in [1.29, 1.82) is 0 Å². The zero-order valence-electron chi connectivity index (χ0n) is 10.4. The first kappa shape index (κ1) is 12.4. The maximum absolute atomic E-state index is 6.09. The molecule has 1 aromatic carbocycles. The SMILES string of the molecule is CC(C)C(N)Cc1nc2ccc(Cl)cc2n1C. The minimum atomic E-state index is 0.140. The molecule has 2 aromatic rings. The smallest absolute Gasteiger partial charge is 0.111 e. The fourth-order valence-corrected chi connectivity index (χ4v) is 2.01. The number of aromatic nitrogens is 2. The highest BCUT2D eigenvalue weighted by molar-refractivity contribution is 6.31. The summed E-state index contributed by atoms with van der Waals surface area (Å²) in [6.07, 6.45) is 0.792. The highest BCUT2D eigenvalue weighted by Crippen LogP contribution is 2.20. The Morgan fingerprint density at radius 2 is 2.12 bits per heavy atom. The van der Waals surface area contributed by atoms with Crippen molar-refractivity contribution in [3.05, 3.63) is 29.0 Å². The van der Waals surface area contributed by atoms with E-state index in [-0.39, 0.29) is 6.04 Å². The number of hydrogen-bond acceptors (Lipinski definition) is 2. The Bertz CT molecular complexity index is 531. The Labute approximate surface area is 107 Å². The van der Waals surface area contributed by atoms with Crippen LogP contribution < -0.4 is 5.73 Å². The lowest BCUT2D eigenvalue weighted by atomic mass is 10.0. The summed E-state index contributed by atoms with van der Waals surface area (Å²) in [7, 11) is 2.01. The molecule has 0 saturated carbocycles. The molecule has 1 aromatic heterocycles. The van der Waals surface area contributed by atoms with Crippen LogP contribution in [-0.2, 0) is 13.5 Å². The van der Waals surface area contributed by atoms with Gasteiger partial charge in [-0.3, -0.25) is 0 Å². The van der Waals surface area contributed by atoms with E-state index in [9.17, 15) is 0 Å². The average molecular weight is 252 g/mol. The molecular formula is C13H18ClN3. The van der Waals surface area contributed by atoms with Crippen LogP contribution in [-0.4, -0.2) is 15.6 Å². The van der Waals surface area contributed by atoms with E-state index in [1.165, 1.54) is 0 Å². The molecule has 0 aliphatic rings. The lowest BCUT2D eigenvalue weighted by molar-refractivity contribution is 0.477. The van der Waals surface area contributed by atoms with E-state index in [2.05, 4.69) is 23.4 Å². The van der Waals surface area contributed by atoms with E-state index in [1.54, 1.807) is 0 Å². The van der Waals surface area contributed by atoms with Gasteiger partial charge in [-0.25, -0.2) is 4.98 Å². The van der Waals surface area contributed by atoms with Crippen LogP contribution in [0.3, 0.4) is 0 Å². The van der Waals surface area contributed by atoms with E-state index < -0.39 is 0 Å². The predicted molar refractivity (Wildman–Crippen MR) is 72.2 cm³/mol. The van der Waals surface area contributed by atoms with Crippen LogP contribution in [0.1, 0.15) is 19.7 Å². The Balaban J connectivity index is 2.39. The second-order valence-electron chi connectivity index (χ2n) is 4.83. The minimum Gasteiger partial charge on any atom is -0.331 e. The number of halogens is 1. The first-order chi connectivity index (χ1) is 7.99. The molecular weight excluding hydrogens is 234 g/mol. The number of hydrogen-bond donors (Lipinski definition) is 1. The Hall–Kier alpha value is -1.06. The van der Waals surface area contributed by atoms with Crippen LogP contribution in [0.15, 0.2) is 18.2 Å². The molecule has 0 spiro atoms. The first-order valence-corrected chi connectivity index (χ1v) is 6.23. The molecule has 1 atom stereocenters. The highest BCUT2D eigenvalue weighted by atomic mass is 35.5. The summed E-state index contributed by atoms with van der Waals surface area (Å²) in [5.74, 6) is 1.47. The van der Waals surface area contributed by atoms with Crippen molar-refractivity contribution < 1.29 is 0 Å². The van der Waals surface area contributed by atoms with Crippen molar-refractivity contribution in [2.75, 3.05) is 0 Å². The maximum Gasteiger partial charge on any atom is 0.111 e. The van der Waals surface area contributed by atoms with Crippen LogP contribution in [0.2, 0.25) is 5.02 Å². The number of rotatable bonds is 3. The third-order valence-electron chi connectivity index (χ3n) is 3.21. The zero-order chi connectivity index (χ0) is 12.6. The van der Waals surface area contributed by atoms with Crippen LogP contribution in [0.5, 0.6) is 0 Å². The molecule has 0 radical (unpaired) electrons. The molecule has 0 bridgehead atoms. The molecule has 2 N–H and O–H groups in total. The summed E-state index contributed by atoms with van der Waals surface area (Å²) in [6.45, 7) is 4.26. The standard InChI is InChI=1S/C13H18ClN3/c1-8(2)10(15)7-13-16-11-5-4-9(14)6-12(11)17(13)3/h4-6,8,10H,7,15H2,1-3H3. The van der Waals surface area contributed by atoms with Gasteiger partial charge < -0.3 is 10.3 Å². The van der Waals surface area contributed by atoms with E-state index in [4.69, 9.17) is 17.3 Å². The van der Waals surface area contributed by atoms with Crippen LogP contribution >= 0.6 is 11.6 Å². The molecule has 0 amide bonds. The topological polar surface area (TPSA) is 43.8 Å². The highest BCUT2D eigenvalue weighted by Gasteiger charge is 2.14. The van der Waals surface area contributed by atoms with Gasteiger partial charge in [0.2, 0.25) is 0 Å². The van der Waals surface area contributed by atoms with Gasteiger partial charge >= 0.3 is 0 Å². The second kappa shape index (κ2) is 4.67. The van der Waals surface area contributed by atoms with Crippen molar-refractivity contribution in [2.24, 2.45) is 18.7 Å². The molecule has 0 saturated heterocycles. The fraction of sp³-hybridized carbons (Fsp3) is 0.462. The summed E-state index contributed by atoms with van der Waals surface area (Å²) in [5.41, 5.74) is 8.12. The summed E-state index contributed by atoms with van der Waals surface area (Å²) in [6, 6.07) is 5.89. The maximum atomic E-state index is 6.09. The van der Waals surface area contributed by atoms with E-state index in [0.717, 1.165) is 28.3 Å². The second-order valence-corrected chi connectivity index (χ2v) is 5.27. The Morgan fingerprint density at radius 3 is 2.76 bits per heavy atom. The van der Waals surface area contributed by atoms with Gasteiger partial charge in [0.1, 0.15) is 5.82 Å². The third kappa shape index (κ3) is 2.45. The van der Waals surface area contributed by atoms with Crippen molar-refractivity contribution in [1.82, 2.24) is 9.55 Å². The molecule has 0 aliphatic heterocycles. The first-order valence-electron chi connectivity index (χ1n) is 5.85. The molecule has 92 valence electrons. The summed E-state index contributed by atoms with van der Waals surface area (Å²) in [4.78, 5) is 4.60. The summed E-state index contributed by atoms with van der Waals surface area (Å²) >= 11 is 5.99. The number of aryl methyl sites for hydroxylation is 1. The molecule has 2 rings (SSSR count). The van der Waals surface area contributed by atoms with E-state index in [1.807, 2.05) is 25.2 Å². The van der Waals surface area contributed by atoms with Crippen molar-refractivity contribution in [3.63, 3.8) is 0 Å². The van der Waals surface area contributed by atoms with Crippen LogP contribution in [0.4, 0.5) is 0 Å². The number of fused-ring (bicyclic) bond motifs is 1. The Morgan fingerprint density at radius 1 is 1.41 bits per heavy atom. The van der Waals surface area contributed by atoms with Gasteiger partial charge in [0.15, 0.2) is 0 Å². The van der Waals surface area contributed by atoms with Crippen molar-refractivity contribution >= 4 is 22.6 Å². The van der Waals surface area contributed by atoms with E-state index >= 15 is 0 Å². The number of nitrogens with two attached hydrogens (primary N) is 1. The van der Waals surface area contributed by atoms with Gasteiger partial charge in [-0.2, -0.15) is 0 Å². The molecule has 4 heteroatoms. The van der Waals surface area contributed by atoms with Gasteiger partial charge in [-0.05, 0) is 24.1 Å².